The Bertz CT molecular complexity index is 728. The van der Waals surface area contributed by atoms with E-state index in [2.05, 4.69) is 27.6 Å². The molecule has 0 spiro atoms. The summed E-state index contributed by atoms with van der Waals surface area (Å²) in [5.41, 5.74) is 2.85. The van der Waals surface area contributed by atoms with Gasteiger partial charge in [0.25, 0.3) is 0 Å². The van der Waals surface area contributed by atoms with E-state index in [1.165, 1.54) is 6.42 Å². The number of hydrogen-bond donors (Lipinski definition) is 1. The minimum atomic E-state index is 0.267. The van der Waals surface area contributed by atoms with Gasteiger partial charge in [0, 0.05) is 5.56 Å². The van der Waals surface area contributed by atoms with E-state index >= 15 is 0 Å². The highest BCUT2D eigenvalue weighted by Crippen LogP contribution is 2.23. The Morgan fingerprint density at radius 3 is 2.75 bits per heavy atom. The van der Waals surface area contributed by atoms with E-state index in [4.69, 9.17) is 5.10 Å². The Balaban J connectivity index is 1.83. The summed E-state index contributed by atoms with van der Waals surface area (Å²) in [5, 5.41) is 16.7. The number of hydrogen-bond acceptors (Lipinski definition) is 4. The van der Waals surface area contributed by atoms with E-state index < -0.39 is 0 Å². The molecule has 5 nitrogen and oxygen atoms in total. The standard InChI is InChI=1S/C15H15N5/c1-2-5-11(6-3-1)12-8-9-14-17-18-15(20(14)19-12)13-7-4-10-16-13/h1-3,5-6,8-9,13,16H,4,7,10H2. The molecule has 0 saturated carbocycles. The van der Waals surface area contributed by atoms with Crippen molar-refractivity contribution >= 4 is 5.65 Å². The van der Waals surface area contributed by atoms with Crippen LogP contribution in [0.15, 0.2) is 42.5 Å². The zero-order chi connectivity index (χ0) is 13.4. The van der Waals surface area contributed by atoms with Gasteiger partial charge in [0.2, 0.25) is 0 Å². The van der Waals surface area contributed by atoms with Crippen LogP contribution in [-0.4, -0.2) is 26.4 Å². The first-order chi connectivity index (χ1) is 9.92. The van der Waals surface area contributed by atoms with Crippen molar-refractivity contribution in [3.8, 4) is 11.3 Å². The Morgan fingerprint density at radius 2 is 1.95 bits per heavy atom. The van der Waals surface area contributed by atoms with E-state index in [-0.39, 0.29) is 6.04 Å². The van der Waals surface area contributed by atoms with Gasteiger partial charge in [-0.15, -0.1) is 10.2 Å². The third kappa shape index (κ3) is 1.87. The van der Waals surface area contributed by atoms with Crippen LogP contribution < -0.4 is 5.32 Å². The molecule has 1 saturated heterocycles. The SMILES string of the molecule is c1ccc(-c2ccc3nnc(C4CCCN4)n3n2)cc1. The number of nitrogens with one attached hydrogen (secondary N) is 1. The molecule has 3 heterocycles. The number of fused-ring (bicyclic) bond motifs is 1. The first kappa shape index (κ1) is 11.5. The van der Waals surface area contributed by atoms with Crippen molar-refractivity contribution in [2.75, 3.05) is 6.54 Å². The summed E-state index contributed by atoms with van der Waals surface area (Å²) in [6.45, 7) is 1.04. The first-order valence-electron chi connectivity index (χ1n) is 6.93. The smallest absolute Gasteiger partial charge is 0.178 e. The number of rotatable bonds is 2. The fraction of sp³-hybridized carbons (Fsp3) is 0.267. The molecule has 1 N–H and O–H groups in total. The van der Waals surface area contributed by atoms with Gasteiger partial charge in [0.05, 0.1) is 11.7 Å². The second kappa shape index (κ2) is 4.68. The van der Waals surface area contributed by atoms with Crippen molar-refractivity contribution in [3.63, 3.8) is 0 Å². The molecule has 2 aromatic heterocycles. The molecule has 0 radical (unpaired) electrons. The Morgan fingerprint density at radius 1 is 1.05 bits per heavy atom. The number of benzene rings is 1. The highest BCUT2D eigenvalue weighted by Gasteiger charge is 2.22. The van der Waals surface area contributed by atoms with Gasteiger partial charge in [-0.1, -0.05) is 30.3 Å². The lowest BCUT2D eigenvalue weighted by Gasteiger charge is -2.08. The summed E-state index contributed by atoms with van der Waals surface area (Å²) in [5.74, 6) is 0.912. The van der Waals surface area contributed by atoms with Crippen molar-refractivity contribution in [3.05, 3.63) is 48.3 Å². The normalized spacial score (nSPS) is 18.7. The number of nitrogens with zero attached hydrogens (tertiary/aromatic N) is 4. The third-order valence-electron chi connectivity index (χ3n) is 3.73. The van der Waals surface area contributed by atoms with E-state index in [0.29, 0.717) is 0 Å². The minimum Gasteiger partial charge on any atom is -0.307 e. The maximum absolute atomic E-state index is 4.70. The summed E-state index contributed by atoms with van der Waals surface area (Å²) in [6.07, 6.45) is 2.27. The van der Waals surface area contributed by atoms with Crippen LogP contribution in [0, 0.1) is 0 Å². The molecular weight excluding hydrogens is 250 g/mol. The predicted octanol–water partition coefficient (Wildman–Crippen LogP) is 2.22. The van der Waals surface area contributed by atoms with Gasteiger partial charge in [0.1, 0.15) is 0 Å². The molecule has 1 atom stereocenters. The molecule has 1 aliphatic rings. The molecule has 20 heavy (non-hydrogen) atoms. The Labute approximate surface area is 116 Å². The van der Waals surface area contributed by atoms with Crippen molar-refractivity contribution in [1.29, 1.82) is 0 Å². The van der Waals surface area contributed by atoms with Crippen LogP contribution in [0.5, 0.6) is 0 Å². The molecule has 1 aliphatic heterocycles. The second-order valence-corrected chi connectivity index (χ2v) is 5.06. The van der Waals surface area contributed by atoms with E-state index in [1.807, 2.05) is 34.8 Å². The highest BCUT2D eigenvalue weighted by molar-refractivity contribution is 5.59. The van der Waals surface area contributed by atoms with E-state index in [1.54, 1.807) is 0 Å². The first-order valence-corrected chi connectivity index (χ1v) is 6.93. The molecule has 0 bridgehead atoms. The largest absolute Gasteiger partial charge is 0.307 e. The van der Waals surface area contributed by atoms with E-state index in [9.17, 15) is 0 Å². The lowest BCUT2D eigenvalue weighted by molar-refractivity contribution is 0.585. The van der Waals surface area contributed by atoms with Crippen LogP contribution >= 0.6 is 0 Å². The van der Waals surface area contributed by atoms with Crippen LogP contribution in [0.3, 0.4) is 0 Å². The summed E-state index contributed by atoms with van der Waals surface area (Å²) in [4.78, 5) is 0. The maximum atomic E-state index is 4.70. The fourth-order valence-corrected chi connectivity index (χ4v) is 2.69. The zero-order valence-electron chi connectivity index (χ0n) is 11.0. The summed E-state index contributed by atoms with van der Waals surface area (Å²) < 4.78 is 1.87. The molecule has 4 rings (SSSR count). The lowest BCUT2D eigenvalue weighted by atomic mass is 10.1. The van der Waals surface area contributed by atoms with Crippen molar-refractivity contribution in [2.45, 2.75) is 18.9 Å². The van der Waals surface area contributed by atoms with Gasteiger partial charge in [-0.05, 0) is 31.5 Å². The van der Waals surface area contributed by atoms with Crippen LogP contribution in [0.2, 0.25) is 0 Å². The Hall–Kier alpha value is -2.27. The predicted molar refractivity (Wildman–Crippen MR) is 76.2 cm³/mol. The minimum absolute atomic E-state index is 0.267. The second-order valence-electron chi connectivity index (χ2n) is 5.06. The van der Waals surface area contributed by atoms with E-state index in [0.717, 1.165) is 35.7 Å². The van der Waals surface area contributed by atoms with Gasteiger partial charge in [0.15, 0.2) is 11.5 Å². The van der Waals surface area contributed by atoms with Gasteiger partial charge >= 0.3 is 0 Å². The van der Waals surface area contributed by atoms with Gasteiger partial charge in [-0.3, -0.25) is 0 Å². The number of aromatic nitrogens is 4. The molecule has 0 aliphatic carbocycles. The third-order valence-corrected chi connectivity index (χ3v) is 3.73. The molecule has 5 heteroatoms. The summed E-state index contributed by atoms with van der Waals surface area (Å²) in [7, 11) is 0. The molecule has 100 valence electrons. The topological polar surface area (TPSA) is 55.1 Å². The molecule has 1 unspecified atom stereocenters. The van der Waals surface area contributed by atoms with Crippen LogP contribution in [0.1, 0.15) is 24.7 Å². The quantitative estimate of drug-likeness (QED) is 0.772. The molecule has 1 fully saturated rings. The van der Waals surface area contributed by atoms with Crippen LogP contribution in [0.4, 0.5) is 0 Å². The summed E-state index contributed by atoms with van der Waals surface area (Å²) in [6, 6.07) is 14.4. The maximum Gasteiger partial charge on any atom is 0.178 e. The van der Waals surface area contributed by atoms with Crippen molar-refractivity contribution < 1.29 is 0 Å². The highest BCUT2D eigenvalue weighted by atomic mass is 15.4. The van der Waals surface area contributed by atoms with Crippen molar-refractivity contribution in [2.24, 2.45) is 0 Å². The summed E-state index contributed by atoms with van der Waals surface area (Å²) >= 11 is 0. The molecule has 1 aromatic carbocycles. The van der Waals surface area contributed by atoms with Gasteiger partial charge in [-0.2, -0.15) is 9.61 Å². The molecule has 3 aromatic rings. The molecule has 0 amide bonds. The lowest BCUT2D eigenvalue weighted by Crippen LogP contribution is -2.16. The fourth-order valence-electron chi connectivity index (χ4n) is 2.69. The van der Waals surface area contributed by atoms with Crippen LogP contribution in [-0.2, 0) is 0 Å². The van der Waals surface area contributed by atoms with Gasteiger partial charge in [-0.25, -0.2) is 0 Å². The monoisotopic (exact) mass is 265 g/mol. The average Bonchev–Trinajstić information content (AvgIpc) is 3.16. The van der Waals surface area contributed by atoms with Crippen molar-refractivity contribution in [1.82, 2.24) is 25.1 Å². The molecular formula is C15H15N5. The van der Waals surface area contributed by atoms with Crippen LogP contribution in [0.25, 0.3) is 16.9 Å². The Kier molecular flexibility index (Phi) is 2.70. The average molecular weight is 265 g/mol. The van der Waals surface area contributed by atoms with Gasteiger partial charge < -0.3 is 5.32 Å². The zero-order valence-corrected chi connectivity index (χ0v) is 11.0.